The Morgan fingerprint density at radius 3 is 1.50 bits per heavy atom. The maximum absolute atomic E-state index is 12.4. The van der Waals surface area contributed by atoms with E-state index in [2.05, 4.69) is 0 Å². The number of carbonyl (C=O) groups excluding carboxylic acids is 7. The van der Waals surface area contributed by atoms with Gasteiger partial charge in [-0.2, -0.15) is 0 Å². The Balaban J connectivity index is 0.000000186. The number of aliphatic hydroxyl groups is 1. The molecule has 17 nitrogen and oxygen atoms in total. The molecule has 2 amide bonds. The lowest BCUT2D eigenvalue weighted by Gasteiger charge is -2.44. The molecule has 0 radical (unpaired) electrons. The molecule has 5 saturated heterocycles. The maximum atomic E-state index is 12.4. The Morgan fingerprint density at radius 2 is 1.03 bits per heavy atom. The molecule has 5 aliphatic rings. The van der Waals surface area contributed by atoms with Crippen LogP contribution in [0.25, 0.3) is 0 Å². The number of hydrogen-bond acceptors (Lipinski definition) is 16. The number of benzene rings is 3. The molecular weight excluding hydrogens is 1020 g/mol. The first kappa shape index (κ1) is 57.6. The number of ether oxygens (including phenoxy) is 5. The van der Waals surface area contributed by atoms with E-state index >= 15 is 0 Å². The van der Waals surface area contributed by atoms with Gasteiger partial charge < -0.3 is 33.9 Å². The van der Waals surface area contributed by atoms with Gasteiger partial charge >= 0.3 is 35.8 Å². The van der Waals surface area contributed by atoms with Crippen LogP contribution in [0.3, 0.4) is 0 Å². The number of amides is 2. The Hall–Kier alpha value is -5.34. The third kappa shape index (κ3) is 17.4. The van der Waals surface area contributed by atoms with Gasteiger partial charge in [0, 0.05) is 61.1 Å². The van der Waals surface area contributed by atoms with Crippen LogP contribution in [0.1, 0.15) is 106 Å². The topological polar surface area (TPSA) is 230 Å². The molecular formula is C51H60Cl2N2O15S2. The minimum atomic E-state index is -0.961. The van der Waals surface area contributed by atoms with Gasteiger partial charge in [-0.3, -0.25) is 47.0 Å². The monoisotopic (exact) mass is 1070 g/mol. The zero-order chi connectivity index (χ0) is 52.2. The van der Waals surface area contributed by atoms with Crippen LogP contribution >= 0.6 is 47.1 Å². The number of esters is 5. The van der Waals surface area contributed by atoms with Crippen molar-refractivity contribution in [1.82, 2.24) is 8.61 Å². The van der Waals surface area contributed by atoms with E-state index in [1.54, 1.807) is 28.9 Å². The van der Waals surface area contributed by atoms with Gasteiger partial charge in [0.2, 0.25) is 6.10 Å². The van der Waals surface area contributed by atoms with Crippen LogP contribution in [0.15, 0.2) is 78.9 Å². The molecule has 3 aromatic carbocycles. The highest BCUT2D eigenvalue weighted by atomic mass is 35.5. The average Bonchev–Trinajstić information content (AvgIpc) is 3.81. The first-order valence-corrected chi connectivity index (χ1v) is 26.7. The number of carbonyl (C=O) groups is 8. The summed E-state index contributed by atoms with van der Waals surface area (Å²) >= 11 is 14.8. The Bertz CT molecular complexity index is 2340. The van der Waals surface area contributed by atoms with E-state index in [0.29, 0.717) is 94.3 Å². The van der Waals surface area contributed by atoms with E-state index in [0.717, 1.165) is 23.1 Å². The molecule has 390 valence electrons. The van der Waals surface area contributed by atoms with Crippen LogP contribution in [0.4, 0.5) is 0 Å². The van der Waals surface area contributed by atoms with Gasteiger partial charge in [0.15, 0.2) is 6.10 Å². The summed E-state index contributed by atoms with van der Waals surface area (Å²) in [5.74, 6) is -2.21. The van der Waals surface area contributed by atoms with Gasteiger partial charge in [-0.1, -0.05) is 114 Å². The zero-order valence-electron chi connectivity index (χ0n) is 40.0. The van der Waals surface area contributed by atoms with Gasteiger partial charge in [0.25, 0.3) is 11.8 Å². The first-order chi connectivity index (χ1) is 34.6. The van der Waals surface area contributed by atoms with Crippen LogP contribution in [0.5, 0.6) is 0 Å². The second kappa shape index (κ2) is 29.4. The number of β-lactam (4-membered cyclic amide) rings is 2. The van der Waals surface area contributed by atoms with Gasteiger partial charge in [-0.05, 0) is 85.1 Å². The minimum absolute atomic E-state index is 0.0274. The van der Waals surface area contributed by atoms with Gasteiger partial charge in [0.05, 0.1) is 19.8 Å². The van der Waals surface area contributed by atoms with Crippen LogP contribution in [-0.4, -0.2) is 111 Å². The van der Waals surface area contributed by atoms with Crippen molar-refractivity contribution in [2.24, 2.45) is 17.8 Å². The summed E-state index contributed by atoms with van der Waals surface area (Å²) < 4.78 is 28.6. The van der Waals surface area contributed by atoms with Crippen molar-refractivity contribution >= 4 is 94.7 Å². The number of hydrogen-bond donors (Lipinski definition) is 2. The van der Waals surface area contributed by atoms with Crippen LogP contribution in [-0.2, 0) is 68.6 Å². The SMILES string of the molecule is CSN1C(=O)[C@@H](OC(=O)CC2CCOC(=O)CC2)C1c1ccccc1Cl.CSN1C(=O)[C@H](O)[C@@H]1c1ccccc1Cl.O=C(O)CC1CCOC(=O)CC1.O=C1CCC(CC(=O)OCc2ccccc2)CCO1. The fourth-order valence-electron chi connectivity index (χ4n) is 8.38. The molecule has 4 unspecified atom stereocenters. The number of carboxylic acid groups (broad SMARTS) is 1. The standard InChI is InChI=1S/C18H20ClNO5S.C15H18O4.C10H10ClNO2S.C8H12O4/c1-26-20-16(12-4-2-3-5-13(12)19)17(18(20)23)25-15(22)10-11-6-7-14(21)24-9-8-11;16-14-7-6-12(8-9-18-14)10-15(17)19-11-13-4-2-1-3-5-13;1-15-12-8(9(13)10(12)14)6-4-2-3-5-7(6)11;9-7(10)5-6-1-2-8(11)12-4-3-6/h2-5,11,16-17H,6-10H2,1H3;1-5,12H,6-11H2;2-5,8-9,13H,1H3;6H,1-5H2,(H,9,10)/t11?,16?,17-;;8-,9+;/m0.0./s1. The van der Waals surface area contributed by atoms with Crippen molar-refractivity contribution in [2.75, 3.05) is 32.3 Å². The van der Waals surface area contributed by atoms with Crippen LogP contribution in [0.2, 0.25) is 10.0 Å². The highest BCUT2D eigenvalue weighted by Crippen LogP contribution is 2.44. The molecule has 0 saturated carbocycles. The van der Waals surface area contributed by atoms with E-state index in [4.69, 9.17) is 52.0 Å². The molecule has 21 heteroatoms. The second-order valence-electron chi connectivity index (χ2n) is 17.4. The largest absolute Gasteiger partial charge is 0.481 e. The fourth-order valence-corrected chi connectivity index (χ4v) is 10.3. The predicted octanol–water partition coefficient (Wildman–Crippen LogP) is 8.28. The van der Waals surface area contributed by atoms with E-state index in [1.165, 1.54) is 28.2 Å². The van der Waals surface area contributed by atoms with E-state index in [-0.39, 0.29) is 72.3 Å². The molecule has 8 rings (SSSR count). The summed E-state index contributed by atoms with van der Waals surface area (Å²) in [5, 5.41) is 19.2. The third-order valence-electron chi connectivity index (χ3n) is 12.4. The Morgan fingerprint density at radius 1 is 0.597 bits per heavy atom. The lowest BCUT2D eigenvalue weighted by atomic mass is 9.93. The van der Waals surface area contributed by atoms with E-state index < -0.39 is 30.2 Å². The third-order valence-corrected chi connectivity index (χ3v) is 14.7. The van der Waals surface area contributed by atoms with Crippen LogP contribution < -0.4 is 0 Å². The van der Waals surface area contributed by atoms with Gasteiger partial charge in [0.1, 0.15) is 18.7 Å². The lowest BCUT2D eigenvalue weighted by molar-refractivity contribution is -0.175. The highest BCUT2D eigenvalue weighted by Gasteiger charge is 2.52. The number of nitrogens with zero attached hydrogens (tertiary/aromatic N) is 2. The van der Waals surface area contributed by atoms with Crippen molar-refractivity contribution in [1.29, 1.82) is 0 Å². The lowest BCUT2D eigenvalue weighted by Crippen LogP contribution is -2.57. The average molecular weight is 1080 g/mol. The molecule has 5 fully saturated rings. The van der Waals surface area contributed by atoms with Crippen molar-refractivity contribution in [3.63, 3.8) is 0 Å². The predicted molar refractivity (Wildman–Crippen MR) is 268 cm³/mol. The van der Waals surface area contributed by atoms with Gasteiger partial charge in [-0.25, -0.2) is 0 Å². The molecule has 0 spiro atoms. The van der Waals surface area contributed by atoms with Crippen molar-refractivity contribution < 1.29 is 72.3 Å². The fraction of sp³-hybridized carbons (Fsp3) is 0.490. The molecule has 5 heterocycles. The summed E-state index contributed by atoms with van der Waals surface area (Å²) in [7, 11) is 0. The summed E-state index contributed by atoms with van der Waals surface area (Å²) in [6.07, 6.45) is 7.52. The Labute approximate surface area is 437 Å². The number of aliphatic carboxylic acids is 1. The first-order valence-electron chi connectivity index (χ1n) is 23.6. The van der Waals surface area contributed by atoms with Crippen LogP contribution in [0, 0.1) is 17.8 Å². The number of halogens is 2. The van der Waals surface area contributed by atoms with Gasteiger partial charge in [-0.15, -0.1) is 0 Å². The van der Waals surface area contributed by atoms with E-state index in [9.17, 15) is 43.5 Å². The molecule has 2 N–H and O–H groups in total. The maximum Gasteiger partial charge on any atom is 0.306 e. The number of rotatable bonds is 13. The molecule has 5 aliphatic heterocycles. The normalized spacial score (nSPS) is 23.8. The molecule has 0 aromatic heterocycles. The molecule has 0 aliphatic carbocycles. The van der Waals surface area contributed by atoms with Crippen molar-refractivity contribution in [2.45, 2.75) is 108 Å². The van der Waals surface area contributed by atoms with E-state index in [1.807, 2.05) is 66.7 Å². The highest BCUT2D eigenvalue weighted by molar-refractivity contribution is 7.97. The minimum Gasteiger partial charge on any atom is -0.481 e. The molecule has 3 aromatic rings. The molecule has 0 bridgehead atoms. The smallest absolute Gasteiger partial charge is 0.306 e. The number of aliphatic hydroxyl groups excluding tert-OH is 1. The quantitative estimate of drug-likeness (QED) is 0.0710. The molecule has 72 heavy (non-hydrogen) atoms. The summed E-state index contributed by atoms with van der Waals surface area (Å²) in [4.78, 5) is 91.2. The summed E-state index contributed by atoms with van der Waals surface area (Å²) in [6, 6.07) is 23.4. The number of carboxylic acids is 1. The van der Waals surface area contributed by atoms with Crippen molar-refractivity contribution in [3.05, 3.63) is 106 Å². The molecule has 7 atom stereocenters. The second-order valence-corrected chi connectivity index (χ2v) is 19.7. The summed E-state index contributed by atoms with van der Waals surface area (Å²) in [5.41, 5.74) is 2.53. The number of cyclic esters (lactones) is 3. The zero-order valence-corrected chi connectivity index (χ0v) is 43.2. The van der Waals surface area contributed by atoms with Crippen molar-refractivity contribution in [3.8, 4) is 0 Å². The Kier molecular flexibility index (Phi) is 23.5. The summed E-state index contributed by atoms with van der Waals surface area (Å²) in [6.45, 7) is 1.41.